The van der Waals surface area contributed by atoms with E-state index < -0.39 is 0 Å². The van der Waals surface area contributed by atoms with Gasteiger partial charge in [-0.2, -0.15) is 0 Å². The quantitative estimate of drug-likeness (QED) is 0.393. The second kappa shape index (κ2) is 84.2. The van der Waals surface area contributed by atoms with Crippen molar-refractivity contribution in [1.82, 2.24) is 0 Å². The van der Waals surface area contributed by atoms with Gasteiger partial charge in [0.15, 0.2) is 0 Å². The zero-order valence-corrected chi connectivity index (χ0v) is 3.80. The van der Waals surface area contributed by atoms with Crippen molar-refractivity contribution in [2.45, 2.75) is 0 Å². The maximum atomic E-state index is 8.50. The molecule has 0 aromatic rings. The monoisotopic (exact) mass is 154 g/mol. The van der Waals surface area contributed by atoms with Gasteiger partial charge in [0.25, 0.3) is 0 Å². The Labute approximate surface area is 37.5 Å². The summed E-state index contributed by atoms with van der Waals surface area (Å²) in [5.74, 6) is 0. The normalized spacial score (nSPS) is 1.50. The van der Waals surface area contributed by atoms with Crippen molar-refractivity contribution >= 4 is 0 Å². The average Bonchev–Trinajstić information content (AvgIpc) is 1.00. The van der Waals surface area contributed by atoms with Gasteiger partial charge in [0.05, 0.1) is 0 Å². The first-order valence-electron chi connectivity index (χ1n) is 0.169. The van der Waals surface area contributed by atoms with E-state index in [1.807, 2.05) is 0 Å². The average molecular weight is 154 g/mol. The van der Waals surface area contributed by atoms with Crippen LogP contribution in [0.5, 0.6) is 0 Å². The number of rotatable bonds is 0. The first-order valence-corrected chi connectivity index (χ1v) is 0.169. The van der Waals surface area contributed by atoms with E-state index in [-0.39, 0.29) is 26.9 Å². The predicted molar refractivity (Wildman–Crippen MR) is 9.74 cm³/mol. The molecule has 0 aliphatic rings. The molecule has 1 radical (unpaired) electrons. The van der Waals surface area contributed by atoms with Gasteiger partial charge in [-0.05, 0) is 0 Å². The van der Waals surface area contributed by atoms with Crippen LogP contribution in [0.3, 0.4) is 0 Å². The summed E-state index contributed by atoms with van der Waals surface area (Å²) < 4.78 is 8.50. The van der Waals surface area contributed by atoms with E-state index in [0.717, 1.165) is 0 Å². The molecule has 0 spiro atoms. The van der Waals surface area contributed by atoms with E-state index >= 15 is 0 Å². The second-order valence-corrected chi connectivity index (χ2v) is 0. The summed E-state index contributed by atoms with van der Waals surface area (Å²) in [6.45, 7) is 0. The van der Waals surface area contributed by atoms with E-state index in [1.54, 1.807) is 0 Å². The Hall–Kier alpha value is 0.513. The maximum absolute atomic E-state index is 8.50. The van der Waals surface area contributed by atoms with Crippen LogP contribution in [0, 0.1) is 7.43 Å². The van der Waals surface area contributed by atoms with Gasteiger partial charge in [0.2, 0.25) is 0 Å². The minimum absolute atomic E-state index is 0. The van der Waals surface area contributed by atoms with Crippen molar-refractivity contribution in [3.63, 3.8) is 0 Å². The molecule has 0 aromatic heterocycles. The minimum Gasteiger partial charge on any atom is -0.358 e. The molecule has 0 saturated heterocycles. The molecule has 1 N–H and O–H groups in total. The van der Waals surface area contributed by atoms with Gasteiger partial charge >= 0.3 is 0 Å². The van der Waals surface area contributed by atoms with Gasteiger partial charge in [-0.1, -0.05) is 4.53 Å². The van der Waals surface area contributed by atoms with Crippen molar-refractivity contribution in [3.05, 3.63) is 7.43 Å². The fourth-order valence-corrected chi connectivity index (χ4v) is 0. The van der Waals surface area contributed by atoms with Gasteiger partial charge in [-0.25, -0.2) is 5.31 Å². The second-order valence-electron chi connectivity index (χ2n) is 0. The molecule has 0 saturated carbocycles. The van der Waals surface area contributed by atoms with Gasteiger partial charge in [-0.3, -0.25) is 0 Å². The third kappa shape index (κ3) is 21.8. The Kier molecular flexibility index (Phi) is 512. The molecule has 0 bridgehead atoms. The Morgan fingerprint density at radius 3 is 1.25 bits per heavy atom. The summed E-state index contributed by atoms with van der Waals surface area (Å²) in [7, 11) is 0. The molecule has 0 unspecified atom stereocenters. The van der Waals surface area contributed by atoms with Crippen LogP contribution in [0.2, 0.25) is 0 Å². The number of hydrogen-bond acceptors (Lipinski definition) is 1. The molecule has 31 valence electrons. The molecule has 0 heterocycles. The molecule has 0 atom stereocenters. The summed E-state index contributed by atoms with van der Waals surface area (Å²) in [5.41, 5.74) is 0. The first-order chi connectivity index (χ1) is 1.00. The van der Waals surface area contributed by atoms with Crippen LogP contribution < -0.4 is 0 Å². The predicted octanol–water partition coefficient (Wildman–Crippen LogP) is 0.311. The van der Waals surface area contributed by atoms with E-state index in [4.69, 9.17) is 9.84 Å². The molecule has 3 heteroatoms. The third-order valence-corrected chi connectivity index (χ3v) is 0. The van der Waals surface area contributed by atoms with Crippen LogP contribution in [0.4, 0.5) is 4.53 Å². The van der Waals surface area contributed by atoms with Crippen molar-refractivity contribution in [2.75, 3.05) is 0 Å². The molecular formula is CH4FORh-. The molecule has 0 aromatic carbocycles. The Morgan fingerprint density at radius 1 is 1.25 bits per heavy atom. The summed E-state index contributed by atoms with van der Waals surface area (Å²) in [5, 5.41) is 5.50. The fraction of sp³-hybridized carbons (Fsp3) is 0. The topological polar surface area (TPSA) is 20.2 Å². The van der Waals surface area contributed by atoms with E-state index in [0.29, 0.717) is 0 Å². The van der Waals surface area contributed by atoms with Gasteiger partial charge in [-0.15, -0.1) is 0 Å². The van der Waals surface area contributed by atoms with Crippen LogP contribution in [-0.4, -0.2) is 5.31 Å². The van der Waals surface area contributed by atoms with Gasteiger partial charge in [0.1, 0.15) is 0 Å². The van der Waals surface area contributed by atoms with Gasteiger partial charge < -0.3 is 7.43 Å². The van der Waals surface area contributed by atoms with Crippen LogP contribution in [0.15, 0.2) is 0 Å². The Morgan fingerprint density at radius 2 is 1.25 bits per heavy atom. The molecule has 4 heavy (non-hydrogen) atoms. The Balaban J connectivity index is -0.00000000500. The first kappa shape index (κ1) is 24.3. The zero-order valence-electron chi connectivity index (χ0n) is 2.16. The van der Waals surface area contributed by atoms with E-state index in [2.05, 4.69) is 0 Å². The van der Waals surface area contributed by atoms with Crippen molar-refractivity contribution in [1.29, 1.82) is 0 Å². The standard InChI is InChI=1S/CH3.FHO.Rh/c;1-2;/h1H3;2H;/q-1;;. The fourth-order valence-electron chi connectivity index (χ4n) is 0. The Bertz CT molecular complexity index is 8.00. The summed E-state index contributed by atoms with van der Waals surface area (Å²) in [4.78, 5) is 0. The molecule has 0 aliphatic heterocycles. The molecule has 0 aliphatic carbocycles. The number of halogens is 1. The van der Waals surface area contributed by atoms with Crippen LogP contribution in [-0.2, 0) is 19.5 Å². The van der Waals surface area contributed by atoms with Gasteiger partial charge in [0, 0.05) is 19.5 Å². The zero-order chi connectivity index (χ0) is 2.00. The van der Waals surface area contributed by atoms with Crippen LogP contribution >= 0.6 is 0 Å². The molecule has 1 nitrogen and oxygen atoms in total. The van der Waals surface area contributed by atoms with Crippen molar-refractivity contribution in [3.8, 4) is 0 Å². The smallest absolute Gasteiger partial charge is 0 e. The summed E-state index contributed by atoms with van der Waals surface area (Å²) >= 11 is 0. The SMILES string of the molecule is OF.[CH3-].[Rh]. The number of hydrogen-bond donors (Lipinski definition) is 1. The minimum atomic E-state index is 0. The largest absolute Gasteiger partial charge is 0.358 e. The summed E-state index contributed by atoms with van der Waals surface area (Å²) in [6, 6.07) is 0. The van der Waals surface area contributed by atoms with E-state index in [1.165, 1.54) is 0 Å². The third-order valence-electron chi connectivity index (χ3n) is 0. The summed E-state index contributed by atoms with van der Waals surface area (Å²) in [6.07, 6.45) is 0. The van der Waals surface area contributed by atoms with Crippen molar-refractivity contribution < 1.29 is 29.3 Å². The molecule has 0 rings (SSSR count). The van der Waals surface area contributed by atoms with Crippen LogP contribution in [0.1, 0.15) is 0 Å². The molecular weight excluding hydrogens is 150 g/mol. The van der Waals surface area contributed by atoms with Crippen LogP contribution in [0.25, 0.3) is 0 Å². The maximum Gasteiger partial charge on any atom is 0 e. The van der Waals surface area contributed by atoms with Crippen molar-refractivity contribution in [2.24, 2.45) is 0 Å². The molecule has 0 amide bonds. The van der Waals surface area contributed by atoms with E-state index in [9.17, 15) is 0 Å². The molecule has 0 fully saturated rings.